The summed E-state index contributed by atoms with van der Waals surface area (Å²) < 4.78 is 9.26. The lowest BCUT2D eigenvalue weighted by Crippen LogP contribution is -2.00. The van der Waals surface area contributed by atoms with E-state index in [-0.39, 0.29) is 0 Å². The summed E-state index contributed by atoms with van der Waals surface area (Å²) in [7, 11) is 0. The summed E-state index contributed by atoms with van der Waals surface area (Å²) >= 11 is 1.84. The van der Waals surface area contributed by atoms with E-state index in [0.717, 1.165) is 55.3 Å². The van der Waals surface area contributed by atoms with E-state index in [1.54, 1.807) is 0 Å². The van der Waals surface area contributed by atoms with Crippen molar-refractivity contribution in [2.75, 3.05) is 0 Å². The van der Waals surface area contributed by atoms with Gasteiger partial charge in [-0.05, 0) is 74.1 Å². The van der Waals surface area contributed by atoms with Crippen LogP contribution in [0.2, 0.25) is 0 Å². The van der Waals surface area contributed by atoms with Crippen molar-refractivity contribution in [2.24, 2.45) is 0 Å². The highest BCUT2D eigenvalue weighted by molar-refractivity contribution is 7.26. The molecule has 12 aromatic rings. The second kappa shape index (κ2) is 13.1. The second-order valence-corrected chi connectivity index (χ2v) is 15.8. The third kappa shape index (κ3) is 5.25. The van der Waals surface area contributed by atoms with E-state index >= 15 is 0 Å². The van der Waals surface area contributed by atoms with Crippen molar-refractivity contribution < 1.29 is 4.42 Å². The van der Waals surface area contributed by atoms with E-state index in [1.165, 1.54) is 47.3 Å². The lowest BCUT2D eigenvalue weighted by atomic mass is 9.93. The average molecular weight is 758 g/mol. The van der Waals surface area contributed by atoms with Crippen LogP contribution in [0.4, 0.5) is 0 Å². The van der Waals surface area contributed by atoms with E-state index in [1.807, 2.05) is 53.8 Å². The van der Waals surface area contributed by atoms with Gasteiger partial charge in [-0.1, -0.05) is 158 Å². The Morgan fingerprint density at radius 2 is 0.966 bits per heavy atom. The molecule has 0 N–H and O–H groups in total. The fourth-order valence-electron chi connectivity index (χ4n) is 8.59. The van der Waals surface area contributed by atoms with Crippen LogP contribution in [-0.2, 0) is 0 Å². The smallest absolute Gasteiger partial charge is 0.167 e. The molecule has 3 aromatic heterocycles. The van der Waals surface area contributed by atoms with Crippen LogP contribution in [-0.4, -0.2) is 15.0 Å². The van der Waals surface area contributed by atoms with Crippen LogP contribution in [0.1, 0.15) is 0 Å². The zero-order valence-corrected chi connectivity index (χ0v) is 31.9. The van der Waals surface area contributed by atoms with Gasteiger partial charge in [-0.15, -0.1) is 11.3 Å². The maximum absolute atomic E-state index is 6.72. The van der Waals surface area contributed by atoms with E-state index < -0.39 is 0 Å². The van der Waals surface area contributed by atoms with Crippen molar-refractivity contribution in [1.82, 2.24) is 15.0 Å². The van der Waals surface area contributed by atoms with Gasteiger partial charge in [0.1, 0.15) is 11.2 Å². The number of nitrogens with zero attached hydrogens (tertiary/aromatic N) is 3. The third-order valence-electron chi connectivity index (χ3n) is 11.3. The molecular weight excluding hydrogens is 727 g/mol. The monoisotopic (exact) mass is 757 g/mol. The van der Waals surface area contributed by atoms with Gasteiger partial charge in [0.05, 0.1) is 5.56 Å². The number of benzene rings is 9. The molecule has 5 heteroatoms. The van der Waals surface area contributed by atoms with Crippen molar-refractivity contribution in [1.29, 1.82) is 0 Å². The molecule has 0 bridgehead atoms. The average Bonchev–Trinajstić information content (AvgIpc) is 3.87. The molecule has 0 saturated carbocycles. The van der Waals surface area contributed by atoms with Crippen LogP contribution in [0.3, 0.4) is 0 Å². The molecule has 12 rings (SSSR count). The number of fused-ring (bicyclic) bond motifs is 9. The largest absolute Gasteiger partial charge is 0.455 e. The fourth-order valence-corrected chi connectivity index (χ4v) is 9.76. The molecule has 4 nitrogen and oxygen atoms in total. The van der Waals surface area contributed by atoms with Crippen molar-refractivity contribution in [3.05, 3.63) is 188 Å². The first kappa shape index (κ1) is 32.7. The first-order chi connectivity index (χ1) is 28.7. The molecule has 0 fully saturated rings. The number of para-hydroxylation sites is 1. The van der Waals surface area contributed by atoms with Gasteiger partial charge >= 0.3 is 0 Å². The van der Waals surface area contributed by atoms with Gasteiger partial charge in [0.15, 0.2) is 17.5 Å². The van der Waals surface area contributed by atoms with Gasteiger partial charge in [-0.3, -0.25) is 0 Å². The molecule has 3 heterocycles. The normalized spacial score (nSPS) is 11.8. The first-order valence-corrected chi connectivity index (χ1v) is 20.2. The van der Waals surface area contributed by atoms with Crippen molar-refractivity contribution in [3.63, 3.8) is 0 Å². The highest BCUT2D eigenvalue weighted by atomic mass is 32.1. The van der Waals surface area contributed by atoms with Crippen LogP contribution < -0.4 is 0 Å². The minimum Gasteiger partial charge on any atom is -0.455 e. The molecule has 270 valence electrons. The fraction of sp³-hybridized carbons (Fsp3) is 0. The zero-order valence-electron chi connectivity index (χ0n) is 31.1. The number of thiophene rings is 1. The number of aromatic nitrogens is 3. The summed E-state index contributed by atoms with van der Waals surface area (Å²) in [6, 6.07) is 66.2. The molecule has 0 unspecified atom stereocenters. The van der Waals surface area contributed by atoms with Crippen LogP contribution >= 0.6 is 11.3 Å². The number of hydrogen-bond acceptors (Lipinski definition) is 5. The van der Waals surface area contributed by atoms with Crippen LogP contribution in [0.5, 0.6) is 0 Å². The van der Waals surface area contributed by atoms with Crippen molar-refractivity contribution in [3.8, 4) is 56.4 Å². The van der Waals surface area contributed by atoms with Crippen LogP contribution in [0, 0.1) is 0 Å². The minimum atomic E-state index is 0.556. The Bertz CT molecular complexity index is 3560. The first-order valence-electron chi connectivity index (χ1n) is 19.4. The maximum Gasteiger partial charge on any atom is 0.167 e. The lowest BCUT2D eigenvalue weighted by Gasteiger charge is -2.13. The molecular formula is C53H31N3OS. The summed E-state index contributed by atoms with van der Waals surface area (Å²) in [6.45, 7) is 0. The topological polar surface area (TPSA) is 51.8 Å². The predicted molar refractivity (Wildman–Crippen MR) is 242 cm³/mol. The molecule has 0 aliphatic carbocycles. The Morgan fingerprint density at radius 3 is 1.79 bits per heavy atom. The number of hydrogen-bond donors (Lipinski definition) is 0. The quantitative estimate of drug-likeness (QED) is 0.175. The Morgan fingerprint density at radius 1 is 0.345 bits per heavy atom. The molecule has 0 aliphatic rings. The standard InChI is InChI=1S/C53H31N3OS/c1-2-14-34(15-3-1)51-54-52(35-27-25-33(26-28-35)38-22-12-16-32-13-4-5-17-37(32)38)56-53(55-51)45-30-36(29-44-40-19-8-10-23-46(40)57-50(44)45)43-31-48-49(41-20-7-6-18-39(41)43)42-21-9-11-24-47(42)58-48/h1-31H. The van der Waals surface area contributed by atoms with Crippen LogP contribution in [0.25, 0.3) is 120 Å². The Balaban J connectivity index is 1.09. The summed E-state index contributed by atoms with van der Waals surface area (Å²) in [5.74, 6) is 1.76. The highest BCUT2D eigenvalue weighted by Gasteiger charge is 2.21. The van der Waals surface area contributed by atoms with Crippen LogP contribution in [0.15, 0.2) is 192 Å². The lowest BCUT2D eigenvalue weighted by molar-refractivity contribution is 0.669. The van der Waals surface area contributed by atoms with Gasteiger partial charge < -0.3 is 4.42 Å². The number of rotatable bonds is 5. The Kier molecular flexibility index (Phi) is 7.37. The molecule has 0 saturated heterocycles. The summed E-state index contributed by atoms with van der Waals surface area (Å²) in [6.07, 6.45) is 0. The van der Waals surface area contributed by atoms with Crippen molar-refractivity contribution >= 4 is 75.0 Å². The van der Waals surface area contributed by atoms with Gasteiger partial charge in [0.25, 0.3) is 0 Å². The van der Waals surface area contributed by atoms with Gasteiger partial charge in [0, 0.05) is 42.1 Å². The Labute approximate surface area is 337 Å². The van der Waals surface area contributed by atoms with E-state index in [0.29, 0.717) is 17.5 Å². The SMILES string of the molecule is c1ccc(-c2nc(-c3ccc(-c4cccc5ccccc45)cc3)nc(-c3cc(-c4cc5sc6ccccc6c5c5ccccc45)cc4c3oc3ccccc34)n2)cc1. The molecule has 0 atom stereocenters. The Hall–Kier alpha value is -7.47. The van der Waals surface area contributed by atoms with E-state index in [2.05, 4.69) is 146 Å². The summed E-state index contributed by atoms with van der Waals surface area (Å²) in [4.78, 5) is 15.6. The summed E-state index contributed by atoms with van der Waals surface area (Å²) in [5.41, 5.74) is 8.77. The van der Waals surface area contributed by atoms with Crippen molar-refractivity contribution in [2.45, 2.75) is 0 Å². The minimum absolute atomic E-state index is 0.556. The van der Waals surface area contributed by atoms with Gasteiger partial charge in [-0.25, -0.2) is 15.0 Å². The predicted octanol–water partition coefficient (Wildman–Crippen LogP) is 14.8. The van der Waals surface area contributed by atoms with E-state index in [9.17, 15) is 0 Å². The molecule has 58 heavy (non-hydrogen) atoms. The second-order valence-electron chi connectivity index (χ2n) is 14.7. The van der Waals surface area contributed by atoms with Gasteiger partial charge in [-0.2, -0.15) is 0 Å². The van der Waals surface area contributed by atoms with E-state index in [4.69, 9.17) is 19.4 Å². The van der Waals surface area contributed by atoms with Gasteiger partial charge in [0.2, 0.25) is 0 Å². The zero-order chi connectivity index (χ0) is 38.2. The summed E-state index contributed by atoms with van der Waals surface area (Å²) in [5, 5.41) is 9.54. The molecule has 0 aliphatic heterocycles. The number of furan rings is 1. The molecule has 0 radical (unpaired) electrons. The highest BCUT2D eigenvalue weighted by Crippen LogP contribution is 2.45. The molecule has 9 aromatic carbocycles. The maximum atomic E-state index is 6.72. The molecule has 0 spiro atoms. The molecule has 0 amide bonds. The third-order valence-corrected chi connectivity index (χ3v) is 12.4.